The number of hydrogen-bond donors (Lipinski definition) is 1. The minimum atomic E-state index is -3.55. The maximum absolute atomic E-state index is 13.7. The summed E-state index contributed by atoms with van der Waals surface area (Å²) in [5.74, 6) is -0.830. The number of nitrogens with one attached hydrogen (secondary N) is 1. The van der Waals surface area contributed by atoms with Crippen molar-refractivity contribution < 1.29 is 17.6 Å². The van der Waals surface area contributed by atoms with Crippen LogP contribution in [0.4, 0.5) is 10.1 Å². The van der Waals surface area contributed by atoms with E-state index in [1.807, 2.05) is 0 Å². The molecule has 8 heteroatoms. The maximum Gasteiger partial charge on any atom is 0.255 e. The van der Waals surface area contributed by atoms with Crippen molar-refractivity contribution in [2.24, 2.45) is 0 Å². The second-order valence-electron chi connectivity index (χ2n) is 7.42. The molecule has 1 aliphatic rings. The van der Waals surface area contributed by atoms with Gasteiger partial charge in [0.25, 0.3) is 5.91 Å². The number of benzene rings is 2. The van der Waals surface area contributed by atoms with E-state index in [2.05, 4.69) is 10.3 Å². The highest BCUT2D eigenvalue weighted by Gasteiger charge is 2.26. The summed E-state index contributed by atoms with van der Waals surface area (Å²) >= 11 is 0. The van der Waals surface area contributed by atoms with Crippen molar-refractivity contribution in [1.29, 1.82) is 0 Å². The highest BCUT2D eigenvalue weighted by molar-refractivity contribution is 7.89. The first kappa shape index (κ1) is 20.4. The molecule has 3 aromatic rings. The second-order valence-corrected chi connectivity index (χ2v) is 9.35. The number of piperidine rings is 1. The predicted molar refractivity (Wildman–Crippen MR) is 113 cm³/mol. The van der Waals surface area contributed by atoms with Gasteiger partial charge in [0.15, 0.2) is 0 Å². The highest BCUT2D eigenvalue weighted by Crippen LogP contribution is 2.25. The molecule has 0 spiro atoms. The van der Waals surface area contributed by atoms with E-state index in [1.165, 1.54) is 40.7 Å². The lowest BCUT2D eigenvalue weighted by molar-refractivity contribution is 0.102. The van der Waals surface area contributed by atoms with Gasteiger partial charge in [-0.15, -0.1) is 0 Å². The molecule has 0 bridgehead atoms. The van der Waals surface area contributed by atoms with Gasteiger partial charge in [0.05, 0.1) is 16.1 Å². The minimum absolute atomic E-state index is 0.174. The Kier molecular flexibility index (Phi) is 5.53. The Morgan fingerprint density at radius 2 is 1.73 bits per heavy atom. The van der Waals surface area contributed by atoms with Crippen LogP contribution in [0.25, 0.3) is 10.9 Å². The first-order valence-electron chi connectivity index (χ1n) is 9.83. The monoisotopic (exact) mass is 427 g/mol. The number of carbonyl (C=O) groups is 1. The van der Waals surface area contributed by atoms with Crippen LogP contribution in [0.2, 0.25) is 0 Å². The van der Waals surface area contributed by atoms with Gasteiger partial charge < -0.3 is 5.32 Å². The van der Waals surface area contributed by atoms with Crippen LogP contribution in [-0.2, 0) is 10.0 Å². The van der Waals surface area contributed by atoms with Gasteiger partial charge in [-0.05, 0) is 68.3 Å². The number of amides is 1. The van der Waals surface area contributed by atoms with Crippen LogP contribution in [0.5, 0.6) is 0 Å². The van der Waals surface area contributed by atoms with E-state index in [4.69, 9.17) is 0 Å². The van der Waals surface area contributed by atoms with E-state index in [-0.39, 0.29) is 4.90 Å². The second kappa shape index (κ2) is 8.12. The molecule has 1 aromatic heterocycles. The number of nitrogens with zero attached hydrogens (tertiary/aromatic N) is 2. The third kappa shape index (κ3) is 4.06. The Balaban J connectivity index is 1.58. The summed E-state index contributed by atoms with van der Waals surface area (Å²) in [7, 11) is -3.55. The van der Waals surface area contributed by atoms with Crippen LogP contribution in [0, 0.1) is 12.7 Å². The fourth-order valence-corrected chi connectivity index (χ4v) is 5.18. The number of halogens is 1. The first-order chi connectivity index (χ1) is 14.3. The SMILES string of the molecule is Cc1cc(NC(=O)c2ccc(S(=O)(=O)N3CCCCC3)cc2)c2cc(F)ccc2n1. The molecule has 1 fully saturated rings. The normalized spacial score (nSPS) is 15.3. The summed E-state index contributed by atoms with van der Waals surface area (Å²) in [5, 5.41) is 3.28. The molecule has 0 radical (unpaired) electrons. The number of anilines is 1. The number of carbonyl (C=O) groups excluding carboxylic acids is 1. The number of hydrogen-bond acceptors (Lipinski definition) is 4. The van der Waals surface area contributed by atoms with Crippen molar-refractivity contribution >= 4 is 32.5 Å². The predicted octanol–water partition coefficient (Wildman–Crippen LogP) is 4.11. The fraction of sp³-hybridized carbons (Fsp3) is 0.273. The summed E-state index contributed by atoms with van der Waals surface area (Å²) in [6.45, 7) is 2.84. The lowest BCUT2D eigenvalue weighted by Gasteiger charge is -2.25. The number of rotatable bonds is 4. The van der Waals surface area contributed by atoms with E-state index in [1.54, 1.807) is 19.1 Å². The molecule has 4 rings (SSSR count). The van der Waals surface area contributed by atoms with Gasteiger partial charge in [0.2, 0.25) is 10.0 Å². The molecule has 0 unspecified atom stereocenters. The molecule has 30 heavy (non-hydrogen) atoms. The van der Waals surface area contributed by atoms with Crippen LogP contribution < -0.4 is 5.32 Å². The Morgan fingerprint density at radius 3 is 2.43 bits per heavy atom. The van der Waals surface area contributed by atoms with Crippen molar-refractivity contribution in [2.75, 3.05) is 18.4 Å². The van der Waals surface area contributed by atoms with Crippen LogP contribution in [-0.4, -0.2) is 36.7 Å². The Labute approximate surface area is 174 Å². The van der Waals surface area contributed by atoms with Gasteiger partial charge in [-0.25, -0.2) is 12.8 Å². The fourth-order valence-electron chi connectivity index (χ4n) is 3.66. The molecular formula is C22H22FN3O3S. The molecule has 2 heterocycles. The van der Waals surface area contributed by atoms with Crippen LogP contribution in [0.15, 0.2) is 53.4 Å². The van der Waals surface area contributed by atoms with E-state index < -0.39 is 21.7 Å². The molecular weight excluding hydrogens is 405 g/mol. The van der Waals surface area contributed by atoms with Gasteiger partial charge >= 0.3 is 0 Å². The zero-order chi connectivity index (χ0) is 21.3. The van der Waals surface area contributed by atoms with Crippen molar-refractivity contribution in [2.45, 2.75) is 31.1 Å². The topological polar surface area (TPSA) is 79.4 Å². The summed E-state index contributed by atoms with van der Waals surface area (Å²) in [5.41, 5.74) is 2.03. The summed E-state index contributed by atoms with van der Waals surface area (Å²) in [4.78, 5) is 17.3. The molecule has 0 atom stereocenters. The number of sulfonamides is 1. The number of aromatic nitrogens is 1. The van der Waals surface area contributed by atoms with Crippen LogP contribution in [0.3, 0.4) is 0 Å². The summed E-state index contributed by atoms with van der Waals surface area (Å²) in [6, 6.07) is 11.8. The van der Waals surface area contributed by atoms with Gasteiger partial charge in [0.1, 0.15) is 5.82 Å². The van der Waals surface area contributed by atoms with Crippen molar-refractivity contribution in [3.8, 4) is 0 Å². The highest BCUT2D eigenvalue weighted by atomic mass is 32.2. The molecule has 0 aliphatic carbocycles. The minimum Gasteiger partial charge on any atom is -0.321 e. The number of fused-ring (bicyclic) bond motifs is 1. The Bertz CT molecular complexity index is 1200. The van der Waals surface area contributed by atoms with Crippen molar-refractivity contribution in [3.05, 3.63) is 65.6 Å². The van der Waals surface area contributed by atoms with E-state index in [0.29, 0.717) is 40.9 Å². The molecule has 6 nitrogen and oxygen atoms in total. The average molecular weight is 428 g/mol. The smallest absolute Gasteiger partial charge is 0.255 e. The van der Waals surface area contributed by atoms with Crippen LogP contribution >= 0.6 is 0 Å². The molecule has 1 saturated heterocycles. The zero-order valence-electron chi connectivity index (χ0n) is 16.6. The number of aryl methyl sites for hydroxylation is 1. The summed E-state index contributed by atoms with van der Waals surface area (Å²) in [6.07, 6.45) is 2.76. The average Bonchev–Trinajstić information content (AvgIpc) is 2.75. The molecule has 2 aromatic carbocycles. The van der Waals surface area contributed by atoms with Crippen LogP contribution in [0.1, 0.15) is 35.3 Å². The maximum atomic E-state index is 13.7. The quantitative estimate of drug-likeness (QED) is 0.680. The Morgan fingerprint density at radius 1 is 1.03 bits per heavy atom. The third-order valence-corrected chi connectivity index (χ3v) is 7.13. The number of pyridine rings is 1. The molecule has 156 valence electrons. The largest absolute Gasteiger partial charge is 0.321 e. The van der Waals surface area contributed by atoms with E-state index in [9.17, 15) is 17.6 Å². The zero-order valence-corrected chi connectivity index (χ0v) is 17.4. The van der Waals surface area contributed by atoms with E-state index in [0.717, 1.165) is 19.3 Å². The molecule has 1 amide bonds. The Hall–Kier alpha value is -2.84. The van der Waals surface area contributed by atoms with Crippen molar-refractivity contribution in [1.82, 2.24) is 9.29 Å². The van der Waals surface area contributed by atoms with Gasteiger partial charge in [-0.1, -0.05) is 6.42 Å². The van der Waals surface area contributed by atoms with Gasteiger partial charge in [0, 0.05) is 29.7 Å². The van der Waals surface area contributed by atoms with Gasteiger partial charge in [-0.2, -0.15) is 4.31 Å². The molecule has 1 aliphatic heterocycles. The summed E-state index contributed by atoms with van der Waals surface area (Å²) < 4.78 is 40.7. The van der Waals surface area contributed by atoms with Gasteiger partial charge in [-0.3, -0.25) is 9.78 Å². The molecule has 0 saturated carbocycles. The van der Waals surface area contributed by atoms with Crippen molar-refractivity contribution in [3.63, 3.8) is 0 Å². The lowest BCUT2D eigenvalue weighted by Crippen LogP contribution is -2.35. The standard InChI is InChI=1S/C22H22FN3O3S/c1-15-13-21(19-14-17(23)7-10-20(19)24-15)25-22(27)16-5-8-18(9-6-16)30(28,29)26-11-3-2-4-12-26/h5-10,13-14H,2-4,11-12H2,1H3,(H,24,25,27). The first-order valence-corrected chi connectivity index (χ1v) is 11.3. The van der Waals surface area contributed by atoms with E-state index >= 15 is 0 Å². The lowest BCUT2D eigenvalue weighted by atomic mass is 10.1. The molecule has 1 N–H and O–H groups in total. The third-order valence-electron chi connectivity index (χ3n) is 5.22.